The lowest BCUT2D eigenvalue weighted by atomic mass is 10.1. The molecule has 0 aliphatic carbocycles. The van der Waals surface area contributed by atoms with Crippen molar-refractivity contribution in [2.75, 3.05) is 11.9 Å². The van der Waals surface area contributed by atoms with Gasteiger partial charge < -0.3 is 15.1 Å². The number of carbonyl (C=O) groups excluding carboxylic acids is 1. The summed E-state index contributed by atoms with van der Waals surface area (Å²) >= 11 is 0. The summed E-state index contributed by atoms with van der Waals surface area (Å²) in [5, 5.41) is 5.72. The number of rotatable bonds is 7. The van der Waals surface area contributed by atoms with Crippen molar-refractivity contribution in [1.29, 1.82) is 0 Å². The van der Waals surface area contributed by atoms with Gasteiger partial charge in [-0.15, -0.1) is 0 Å². The van der Waals surface area contributed by atoms with Crippen LogP contribution in [0.5, 0.6) is 0 Å². The molecule has 25 heavy (non-hydrogen) atoms. The standard InChI is InChI=1S/C18H17FN4O2/c19-16-6-2-1-4-13(16)7-8-20-18-22-10-14(11-23-18)17(24)21-12-15-5-3-9-25-15/h1-6,9-11H,7-8,12H2,(H,21,24)(H,20,22,23). The van der Waals surface area contributed by atoms with Crippen molar-refractivity contribution in [2.45, 2.75) is 13.0 Å². The summed E-state index contributed by atoms with van der Waals surface area (Å²) in [6.45, 7) is 0.791. The normalized spacial score (nSPS) is 10.4. The lowest BCUT2D eigenvalue weighted by Crippen LogP contribution is -2.23. The highest BCUT2D eigenvalue weighted by Crippen LogP contribution is 2.08. The van der Waals surface area contributed by atoms with Crippen LogP contribution in [0, 0.1) is 5.82 Å². The average Bonchev–Trinajstić information content (AvgIpc) is 3.15. The summed E-state index contributed by atoms with van der Waals surface area (Å²) in [6.07, 6.45) is 4.94. The molecular weight excluding hydrogens is 323 g/mol. The zero-order valence-corrected chi connectivity index (χ0v) is 13.4. The highest BCUT2D eigenvalue weighted by atomic mass is 19.1. The number of carbonyl (C=O) groups is 1. The van der Waals surface area contributed by atoms with Crippen molar-refractivity contribution < 1.29 is 13.6 Å². The molecule has 0 fully saturated rings. The van der Waals surface area contributed by atoms with E-state index >= 15 is 0 Å². The fourth-order valence-electron chi connectivity index (χ4n) is 2.23. The van der Waals surface area contributed by atoms with Crippen LogP contribution < -0.4 is 10.6 Å². The predicted molar refractivity (Wildman–Crippen MR) is 90.5 cm³/mol. The van der Waals surface area contributed by atoms with Crippen molar-refractivity contribution in [2.24, 2.45) is 0 Å². The maximum absolute atomic E-state index is 13.5. The van der Waals surface area contributed by atoms with Gasteiger partial charge in [-0.25, -0.2) is 14.4 Å². The number of nitrogens with zero attached hydrogens (tertiary/aromatic N) is 2. The maximum Gasteiger partial charge on any atom is 0.254 e. The molecule has 2 N–H and O–H groups in total. The Morgan fingerprint density at radius 2 is 1.92 bits per heavy atom. The highest BCUT2D eigenvalue weighted by molar-refractivity contribution is 5.93. The van der Waals surface area contributed by atoms with Gasteiger partial charge in [-0.3, -0.25) is 4.79 Å². The summed E-state index contributed by atoms with van der Waals surface area (Å²) in [7, 11) is 0. The van der Waals surface area contributed by atoms with E-state index in [2.05, 4.69) is 20.6 Å². The fraction of sp³-hybridized carbons (Fsp3) is 0.167. The van der Waals surface area contributed by atoms with E-state index in [4.69, 9.17) is 4.42 Å². The molecule has 0 saturated heterocycles. The Kier molecular flexibility index (Phi) is 5.36. The van der Waals surface area contributed by atoms with Crippen molar-refractivity contribution in [3.63, 3.8) is 0 Å². The van der Waals surface area contributed by atoms with Gasteiger partial charge >= 0.3 is 0 Å². The molecule has 2 heterocycles. The molecule has 0 radical (unpaired) electrons. The third-order valence-corrected chi connectivity index (χ3v) is 3.55. The number of hydrogen-bond acceptors (Lipinski definition) is 5. The summed E-state index contributed by atoms with van der Waals surface area (Å²) < 4.78 is 18.7. The molecule has 0 aliphatic rings. The Bertz CT molecular complexity index is 819. The summed E-state index contributed by atoms with van der Waals surface area (Å²) in [5.41, 5.74) is 0.982. The molecular formula is C18H17FN4O2. The van der Waals surface area contributed by atoms with Crippen LogP contribution in [0.25, 0.3) is 0 Å². The monoisotopic (exact) mass is 340 g/mol. The SMILES string of the molecule is O=C(NCc1ccco1)c1cnc(NCCc2ccccc2F)nc1. The molecule has 3 rings (SSSR count). The smallest absolute Gasteiger partial charge is 0.254 e. The van der Waals surface area contributed by atoms with Gasteiger partial charge in [0.05, 0.1) is 18.4 Å². The van der Waals surface area contributed by atoms with Crippen LogP contribution >= 0.6 is 0 Å². The van der Waals surface area contributed by atoms with Gasteiger partial charge in [0.25, 0.3) is 5.91 Å². The number of aromatic nitrogens is 2. The molecule has 0 spiro atoms. The van der Waals surface area contributed by atoms with Gasteiger partial charge in [0.1, 0.15) is 11.6 Å². The Morgan fingerprint density at radius 3 is 2.64 bits per heavy atom. The van der Waals surface area contributed by atoms with E-state index in [9.17, 15) is 9.18 Å². The van der Waals surface area contributed by atoms with E-state index in [-0.39, 0.29) is 11.7 Å². The Labute approximate surface area is 144 Å². The minimum absolute atomic E-state index is 0.228. The Hall–Kier alpha value is -3.22. The molecule has 0 bridgehead atoms. The van der Waals surface area contributed by atoms with Crippen LogP contribution in [-0.4, -0.2) is 22.4 Å². The number of anilines is 1. The maximum atomic E-state index is 13.5. The topological polar surface area (TPSA) is 80.0 Å². The minimum Gasteiger partial charge on any atom is -0.467 e. The number of nitrogens with one attached hydrogen (secondary N) is 2. The van der Waals surface area contributed by atoms with E-state index in [1.54, 1.807) is 36.6 Å². The third-order valence-electron chi connectivity index (χ3n) is 3.55. The Balaban J connectivity index is 1.48. The van der Waals surface area contributed by atoms with Gasteiger partial charge in [-0.05, 0) is 30.2 Å². The van der Waals surface area contributed by atoms with E-state index in [1.165, 1.54) is 18.5 Å². The molecule has 6 nitrogen and oxygen atoms in total. The molecule has 1 aromatic carbocycles. The molecule has 1 amide bonds. The lowest BCUT2D eigenvalue weighted by molar-refractivity contribution is 0.0947. The van der Waals surface area contributed by atoms with Crippen LogP contribution in [0.2, 0.25) is 0 Å². The zero-order valence-electron chi connectivity index (χ0n) is 13.4. The molecule has 0 aliphatic heterocycles. The first-order valence-corrected chi connectivity index (χ1v) is 7.82. The zero-order chi connectivity index (χ0) is 17.5. The van der Waals surface area contributed by atoms with Crippen LogP contribution in [0.4, 0.5) is 10.3 Å². The van der Waals surface area contributed by atoms with Gasteiger partial charge in [-0.2, -0.15) is 0 Å². The highest BCUT2D eigenvalue weighted by Gasteiger charge is 2.08. The second-order valence-corrected chi connectivity index (χ2v) is 5.33. The number of furan rings is 1. The van der Waals surface area contributed by atoms with Gasteiger partial charge in [-0.1, -0.05) is 18.2 Å². The van der Waals surface area contributed by atoms with Crippen molar-refractivity contribution in [3.8, 4) is 0 Å². The molecule has 3 aromatic rings. The van der Waals surface area contributed by atoms with Crippen LogP contribution in [0.3, 0.4) is 0 Å². The average molecular weight is 340 g/mol. The fourth-order valence-corrected chi connectivity index (χ4v) is 2.23. The number of hydrogen-bond donors (Lipinski definition) is 2. The van der Waals surface area contributed by atoms with E-state index in [1.807, 2.05) is 0 Å². The second-order valence-electron chi connectivity index (χ2n) is 5.33. The van der Waals surface area contributed by atoms with E-state index in [0.717, 1.165) is 0 Å². The van der Waals surface area contributed by atoms with Crippen molar-refractivity contribution in [1.82, 2.24) is 15.3 Å². The lowest BCUT2D eigenvalue weighted by Gasteiger charge is -2.07. The second kappa shape index (κ2) is 8.05. The Morgan fingerprint density at radius 1 is 1.12 bits per heavy atom. The van der Waals surface area contributed by atoms with E-state index < -0.39 is 0 Å². The molecule has 0 atom stereocenters. The first-order chi connectivity index (χ1) is 12.2. The third kappa shape index (κ3) is 4.63. The molecule has 0 saturated carbocycles. The molecule has 0 unspecified atom stereocenters. The molecule has 2 aromatic heterocycles. The van der Waals surface area contributed by atoms with E-state index in [0.29, 0.717) is 42.3 Å². The summed E-state index contributed by atoms with van der Waals surface area (Å²) in [4.78, 5) is 20.2. The van der Waals surface area contributed by atoms with Crippen LogP contribution in [0.15, 0.2) is 59.5 Å². The quantitative estimate of drug-likeness (QED) is 0.691. The summed E-state index contributed by atoms with van der Waals surface area (Å²) in [6, 6.07) is 10.2. The van der Waals surface area contributed by atoms with Gasteiger partial charge in [0.2, 0.25) is 5.95 Å². The largest absolute Gasteiger partial charge is 0.467 e. The summed E-state index contributed by atoms with van der Waals surface area (Å²) in [5.74, 6) is 0.544. The van der Waals surface area contributed by atoms with Crippen LogP contribution in [0.1, 0.15) is 21.7 Å². The van der Waals surface area contributed by atoms with Gasteiger partial charge in [0.15, 0.2) is 0 Å². The first-order valence-electron chi connectivity index (χ1n) is 7.82. The molecule has 7 heteroatoms. The van der Waals surface area contributed by atoms with Crippen LogP contribution in [-0.2, 0) is 13.0 Å². The van der Waals surface area contributed by atoms with Gasteiger partial charge in [0, 0.05) is 18.9 Å². The number of halogens is 1. The number of benzene rings is 1. The molecule has 128 valence electrons. The predicted octanol–water partition coefficient (Wildman–Crippen LogP) is 2.79. The van der Waals surface area contributed by atoms with Crippen molar-refractivity contribution in [3.05, 3.63) is 77.8 Å². The van der Waals surface area contributed by atoms with Crippen molar-refractivity contribution >= 4 is 11.9 Å². The minimum atomic E-state index is -0.283. The first kappa shape index (κ1) is 16.6. The number of amides is 1.